The molecule has 0 saturated heterocycles. The lowest BCUT2D eigenvalue weighted by Gasteiger charge is -2.18. The van der Waals surface area contributed by atoms with Gasteiger partial charge in [0, 0.05) is 21.5 Å². The molecule has 1 rings (SSSR count). The lowest BCUT2D eigenvalue weighted by molar-refractivity contribution is -0.118. The number of aryl methyl sites for hydroxylation is 2. The van der Waals surface area contributed by atoms with Crippen molar-refractivity contribution in [3.8, 4) is 0 Å². The fourth-order valence-electron chi connectivity index (χ4n) is 1.43. The minimum atomic E-state index is -0.371. The van der Waals surface area contributed by atoms with Crippen molar-refractivity contribution in [2.75, 3.05) is 12.3 Å². The van der Waals surface area contributed by atoms with Gasteiger partial charge in [0.05, 0.1) is 5.75 Å². The first kappa shape index (κ1) is 16.5. The second-order valence-electron chi connectivity index (χ2n) is 5.42. The van der Waals surface area contributed by atoms with E-state index in [1.54, 1.807) is 11.8 Å². The number of thioether (sulfide) groups is 1. The van der Waals surface area contributed by atoms with Crippen LogP contribution < -0.4 is 11.1 Å². The summed E-state index contributed by atoms with van der Waals surface area (Å²) in [5, 5.41) is 2.84. The normalized spacial score (nSPS) is 11.5. The van der Waals surface area contributed by atoms with E-state index in [1.807, 2.05) is 27.7 Å². The maximum absolute atomic E-state index is 11.7. The van der Waals surface area contributed by atoms with Gasteiger partial charge in [0.1, 0.15) is 0 Å². The number of halogens is 1. The van der Waals surface area contributed by atoms with Gasteiger partial charge in [0.2, 0.25) is 5.91 Å². The van der Waals surface area contributed by atoms with Crippen molar-refractivity contribution < 1.29 is 4.79 Å². The largest absolute Gasteiger partial charge is 0.354 e. The molecule has 0 fully saturated rings. The molecule has 1 aromatic carbocycles. The molecule has 0 spiro atoms. The Balaban J connectivity index is 2.53. The van der Waals surface area contributed by atoms with E-state index in [1.165, 1.54) is 11.1 Å². The van der Waals surface area contributed by atoms with Gasteiger partial charge in [-0.05, 0) is 51.0 Å². The minimum Gasteiger partial charge on any atom is -0.354 e. The van der Waals surface area contributed by atoms with Crippen LogP contribution >= 0.6 is 27.7 Å². The molecule has 0 radical (unpaired) electrons. The smallest absolute Gasteiger partial charge is 0.230 e. The summed E-state index contributed by atoms with van der Waals surface area (Å²) in [5.74, 6) is 0.432. The van der Waals surface area contributed by atoms with Crippen molar-refractivity contribution in [1.82, 2.24) is 5.32 Å². The number of nitrogens with two attached hydrogens (primary N) is 1. The topological polar surface area (TPSA) is 55.1 Å². The maximum atomic E-state index is 11.7. The van der Waals surface area contributed by atoms with E-state index in [0.717, 1.165) is 9.37 Å². The highest BCUT2D eigenvalue weighted by Crippen LogP contribution is 2.28. The zero-order valence-corrected chi connectivity index (χ0v) is 14.2. The molecule has 0 aliphatic heterocycles. The molecule has 0 atom stereocenters. The van der Waals surface area contributed by atoms with Crippen LogP contribution in [0.5, 0.6) is 0 Å². The van der Waals surface area contributed by atoms with Gasteiger partial charge in [-0.1, -0.05) is 15.9 Å². The van der Waals surface area contributed by atoms with Crippen LogP contribution in [0.25, 0.3) is 0 Å². The number of carbonyl (C=O) groups excluding carboxylic acids is 1. The molecule has 1 aromatic rings. The zero-order valence-electron chi connectivity index (χ0n) is 11.8. The third kappa shape index (κ3) is 5.97. The first-order chi connectivity index (χ1) is 8.69. The Morgan fingerprint density at radius 1 is 1.37 bits per heavy atom. The molecule has 19 heavy (non-hydrogen) atoms. The third-order valence-electron chi connectivity index (χ3n) is 2.56. The Bertz CT molecular complexity index is 469. The summed E-state index contributed by atoms with van der Waals surface area (Å²) in [6.45, 7) is 8.37. The first-order valence-corrected chi connectivity index (χ1v) is 7.92. The highest BCUT2D eigenvalue weighted by atomic mass is 79.9. The monoisotopic (exact) mass is 344 g/mol. The molecule has 106 valence electrons. The van der Waals surface area contributed by atoms with Crippen molar-refractivity contribution in [1.29, 1.82) is 0 Å². The van der Waals surface area contributed by atoms with E-state index in [9.17, 15) is 4.79 Å². The second-order valence-corrected chi connectivity index (χ2v) is 7.29. The summed E-state index contributed by atoms with van der Waals surface area (Å²) in [6.07, 6.45) is 0. The van der Waals surface area contributed by atoms with Crippen LogP contribution in [0, 0.1) is 13.8 Å². The summed E-state index contributed by atoms with van der Waals surface area (Å²) in [5.41, 5.74) is 7.81. The highest BCUT2D eigenvalue weighted by Gasteiger charge is 2.12. The van der Waals surface area contributed by atoms with Crippen LogP contribution in [0.2, 0.25) is 0 Å². The van der Waals surface area contributed by atoms with Crippen LogP contribution in [0.15, 0.2) is 21.5 Å². The van der Waals surface area contributed by atoms with Gasteiger partial charge >= 0.3 is 0 Å². The van der Waals surface area contributed by atoms with Gasteiger partial charge in [-0.2, -0.15) is 0 Å². The number of amides is 1. The summed E-state index contributed by atoms with van der Waals surface area (Å²) in [6, 6.07) is 4.18. The molecule has 1 amide bonds. The van der Waals surface area contributed by atoms with E-state index in [4.69, 9.17) is 5.73 Å². The molecule has 0 aliphatic carbocycles. The summed E-state index contributed by atoms with van der Waals surface area (Å²) in [4.78, 5) is 12.9. The van der Waals surface area contributed by atoms with Crippen molar-refractivity contribution in [2.24, 2.45) is 5.73 Å². The summed E-state index contributed by atoms with van der Waals surface area (Å²) in [7, 11) is 0. The average Bonchev–Trinajstić information content (AvgIpc) is 2.28. The number of hydrogen-bond donors (Lipinski definition) is 2. The summed E-state index contributed by atoms with van der Waals surface area (Å²) >= 11 is 5.06. The van der Waals surface area contributed by atoms with Gasteiger partial charge in [-0.25, -0.2) is 0 Å². The van der Waals surface area contributed by atoms with Crippen molar-refractivity contribution in [2.45, 2.75) is 38.1 Å². The zero-order chi connectivity index (χ0) is 14.6. The molecule has 0 saturated carbocycles. The molecular weight excluding hydrogens is 324 g/mol. The number of benzene rings is 1. The molecule has 0 aromatic heterocycles. The molecule has 3 nitrogen and oxygen atoms in total. The molecule has 0 bridgehead atoms. The Morgan fingerprint density at radius 3 is 2.58 bits per heavy atom. The van der Waals surface area contributed by atoms with Crippen molar-refractivity contribution in [3.63, 3.8) is 0 Å². The van der Waals surface area contributed by atoms with Gasteiger partial charge in [0.25, 0.3) is 0 Å². The SMILES string of the molecule is Cc1cc(SCC(=O)NCC(C)(C)N)c(C)cc1Br. The number of hydrogen-bond acceptors (Lipinski definition) is 3. The second kappa shape index (κ2) is 6.77. The van der Waals surface area contributed by atoms with Crippen LogP contribution in [0.3, 0.4) is 0 Å². The Kier molecular flexibility index (Phi) is 5.89. The average molecular weight is 345 g/mol. The van der Waals surface area contributed by atoms with Crippen molar-refractivity contribution >= 4 is 33.6 Å². The molecule has 0 heterocycles. The lowest BCUT2D eigenvalue weighted by atomic mass is 10.1. The van der Waals surface area contributed by atoms with Crippen molar-refractivity contribution in [3.05, 3.63) is 27.7 Å². The Labute approximate surface area is 127 Å². The Morgan fingerprint density at radius 2 is 2.00 bits per heavy atom. The van der Waals surface area contributed by atoms with Crippen LogP contribution in [-0.4, -0.2) is 23.7 Å². The molecule has 3 N–H and O–H groups in total. The van der Waals surface area contributed by atoms with Gasteiger partial charge in [-0.3, -0.25) is 4.79 Å². The van der Waals surface area contributed by atoms with E-state index in [0.29, 0.717) is 12.3 Å². The quantitative estimate of drug-likeness (QED) is 0.807. The highest BCUT2D eigenvalue weighted by molar-refractivity contribution is 9.10. The van der Waals surface area contributed by atoms with Crippen LogP contribution in [0.4, 0.5) is 0 Å². The number of carbonyl (C=O) groups is 1. The molecule has 0 aliphatic rings. The molecule has 5 heteroatoms. The molecule has 0 unspecified atom stereocenters. The van der Waals surface area contributed by atoms with Crippen LogP contribution in [-0.2, 0) is 4.79 Å². The van der Waals surface area contributed by atoms with E-state index >= 15 is 0 Å². The number of rotatable bonds is 5. The van der Waals surface area contributed by atoms with Gasteiger partial charge < -0.3 is 11.1 Å². The standard InChI is InChI=1S/C14H21BrN2OS/c1-9-6-12(10(2)5-11(9)15)19-7-13(18)17-8-14(3,4)16/h5-6H,7-8,16H2,1-4H3,(H,17,18). The van der Waals surface area contributed by atoms with Gasteiger partial charge in [0.15, 0.2) is 0 Å². The minimum absolute atomic E-state index is 0.0171. The lowest BCUT2D eigenvalue weighted by Crippen LogP contribution is -2.45. The Hall–Kier alpha value is -0.520. The first-order valence-electron chi connectivity index (χ1n) is 6.14. The fraction of sp³-hybridized carbons (Fsp3) is 0.500. The van der Waals surface area contributed by atoms with Gasteiger partial charge in [-0.15, -0.1) is 11.8 Å². The summed E-state index contributed by atoms with van der Waals surface area (Å²) < 4.78 is 1.10. The van der Waals surface area contributed by atoms with Crippen LogP contribution in [0.1, 0.15) is 25.0 Å². The maximum Gasteiger partial charge on any atom is 0.230 e. The predicted octanol–water partition coefficient (Wildman–Crippen LogP) is 3.01. The van der Waals surface area contributed by atoms with E-state index in [-0.39, 0.29) is 11.4 Å². The predicted molar refractivity (Wildman–Crippen MR) is 85.6 cm³/mol. The molecular formula is C14H21BrN2OS. The van der Waals surface area contributed by atoms with E-state index < -0.39 is 0 Å². The number of nitrogens with one attached hydrogen (secondary N) is 1. The van der Waals surface area contributed by atoms with E-state index in [2.05, 4.69) is 33.4 Å². The fourth-order valence-corrected chi connectivity index (χ4v) is 2.82. The third-order valence-corrected chi connectivity index (χ3v) is 4.57.